The Balaban J connectivity index is 2.56. The molecule has 0 aromatic heterocycles. The molecule has 1 heterocycles. The van der Waals surface area contributed by atoms with E-state index in [1.54, 1.807) is 0 Å². The number of carbonyl (C=O) groups is 1. The Bertz CT molecular complexity index is 491. The third-order valence-electron chi connectivity index (χ3n) is 3.34. The Morgan fingerprint density at radius 1 is 1.29 bits per heavy atom. The molecule has 1 N–H and O–H groups in total. The fourth-order valence-corrected chi connectivity index (χ4v) is 2.22. The zero-order chi connectivity index (χ0) is 12.7. The SMILES string of the molecule is CC(=O)OC1OCc2c(C)c(O)c(C)c(C)c21. The maximum Gasteiger partial charge on any atom is 0.305 e. The lowest BCUT2D eigenvalue weighted by atomic mass is 9.93. The number of hydrogen-bond donors (Lipinski definition) is 1. The molecule has 4 heteroatoms. The minimum absolute atomic E-state index is 0.299. The molecule has 0 saturated carbocycles. The number of hydrogen-bond acceptors (Lipinski definition) is 4. The van der Waals surface area contributed by atoms with E-state index in [0.29, 0.717) is 12.4 Å². The lowest BCUT2D eigenvalue weighted by molar-refractivity contribution is -0.175. The molecule has 1 aliphatic heterocycles. The second-order valence-electron chi connectivity index (χ2n) is 4.37. The number of benzene rings is 1. The van der Waals surface area contributed by atoms with Crippen LogP contribution in [0, 0.1) is 20.8 Å². The fourth-order valence-electron chi connectivity index (χ4n) is 2.22. The summed E-state index contributed by atoms with van der Waals surface area (Å²) in [5.74, 6) is -0.0704. The van der Waals surface area contributed by atoms with E-state index < -0.39 is 6.29 Å². The van der Waals surface area contributed by atoms with Gasteiger partial charge in [-0.15, -0.1) is 0 Å². The maximum absolute atomic E-state index is 11.0. The van der Waals surface area contributed by atoms with Gasteiger partial charge in [-0.05, 0) is 43.0 Å². The van der Waals surface area contributed by atoms with E-state index in [2.05, 4.69) is 0 Å². The highest BCUT2D eigenvalue weighted by molar-refractivity contribution is 5.67. The third-order valence-corrected chi connectivity index (χ3v) is 3.34. The molecule has 1 unspecified atom stereocenters. The number of esters is 1. The molecule has 1 aromatic carbocycles. The van der Waals surface area contributed by atoms with Gasteiger partial charge >= 0.3 is 5.97 Å². The van der Waals surface area contributed by atoms with Crippen LogP contribution in [0.5, 0.6) is 5.75 Å². The molecular formula is C13H16O4. The lowest BCUT2D eigenvalue weighted by Crippen LogP contribution is -2.09. The topological polar surface area (TPSA) is 55.8 Å². The van der Waals surface area contributed by atoms with Gasteiger partial charge in [-0.3, -0.25) is 4.79 Å². The Hall–Kier alpha value is -1.55. The number of phenolic OH excluding ortho intramolecular Hbond substituents is 1. The van der Waals surface area contributed by atoms with E-state index in [1.807, 2.05) is 20.8 Å². The molecule has 1 aliphatic rings. The molecule has 0 aliphatic carbocycles. The largest absolute Gasteiger partial charge is 0.507 e. The summed E-state index contributed by atoms with van der Waals surface area (Å²) in [6.07, 6.45) is -0.638. The van der Waals surface area contributed by atoms with E-state index in [9.17, 15) is 9.90 Å². The van der Waals surface area contributed by atoms with Gasteiger partial charge in [0.1, 0.15) is 5.75 Å². The normalized spacial score (nSPS) is 18.0. The van der Waals surface area contributed by atoms with E-state index in [1.165, 1.54) is 6.92 Å². The molecule has 0 radical (unpaired) electrons. The molecule has 0 fully saturated rings. The highest BCUT2D eigenvalue weighted by Gasteiger charge is 2.31. The molecule has 0 bridgehead atoms. The van der Waals surface area contributed by atoms with E-state index >= 15 is 0 Å². The summed E-state index contributed by atoms with van der Waals surface area (Å²) in [6, 6.07) is 0. The van der Waals surface area contributed by atoms with Crippen molar-refractivity contribution in [2.45, 2.75) is 40.6 Å². The molecule has 2 rings (SSSR count). The molecular weight excluding hydrogens is 220 g/mol. The minimum Gasteiger partial charge on any atom is -0.507 e. The standard InChI is InChI=1S/C13H16O4/c1-6-7(2)12(15)8(3)10-5-16-13(11(6)10)17-9(4)14/h13,15H,5H2,1-4H3. The number of carbonyl (C=O) groups excluding carboxylic acids is 1. The Morgan fingerprint density at radius 3 is 2.53 bits per heavy atom. The first-order valence-corrected chi connectivity index (χ1v) is 5.53. The van der Waals surface area contributed by atoms with Crippen LogP contribution in [-0.4, -0.2) is 11.1 Å². The van der Waals surface area contributed by atoms with Gasteiger partial charge in [0.05, 0.1) is 6.61 Å². The number of rotatable bonds is 1. The van der Waals surface area contributed by atoms with Gasteiger partial charge in [0.25, 0.3) is 0 Å². The van der Waals surface area contributed by atoms with Crippen LogP contribution in [0.1, 0.15) is 41.0 Å². The first kappa shape index (κ1) is 11.9. The van der Waals surface area contributed by atoms with E-state index in [0.717, 1.165) is 27.8 Å². The summed E-state index contributed by atoms with van der Waals surface area (Å²) >= 11 is 0. The molecule has 0 amide bonds. The van der Waals surface area contributed by atoms with Crippen molar-refractivity contribution in [2.75, 3.05) is 0 Å². The van der Waals surface area contributed by atoms with Gasteiger partial charge in [0.15, 0.2) is 0 Å². The van der Waals surface area contributed by atoms with Crippen LogP contribution in [0.4, 0.5) is 0 Å². The fraction of sp³-hybridized carbons (Fsp3) is 0.462. The number of ether oxygens (including phenoxy) is 2. The number of aromatic hydroxyl groups is 1. The maximum atomic E-state index is 11.0. The zero-order valence-corrected chi connectivity index (χ0v) is 10.5. The Kier molecular flexibility index (Phi) is 2.83. The lowest BCUT2D eigenvalue weighted by Gasteiger charge is -2.16. The average molecular weight is 236 g/mol. The Labute approximate surface area is 100 Å². The first-order valence-electron chi connectivity index (χ1n) is 5.53. The second-order valence-corrected chi connectivity index (χ2v) is 4.37. The third kappa shape index (κ3) is 1.78. The van der Waals surface area contributed by atoms with Crippen molar-refractivity contribution in [1.29, 1.82) is 0 Å². The summed E-state index contributed by atoms with van der Waals surface area (Å²) in [5.41, 5.74) is 4.35. The van der Waals surface area contributed by atoms with Gasteiger partial charge in [-0.1, -0.05) is 0 Å². The van der Waals surface area contributed by atoms with Crippen LogP contribution in [0.2, 0.25) is 0 Å². The van der Waals surface area contributed by atoms with Crippen molar-refractivity contribution >= 4 is 5.97 Å². The van der Waals surface area contributed by atoms with Gasteiger partial charge in [0, 0.05) is 12.5 Å². The van der Waals surface area contributed by atoms with Crippen LogP contribution in [0.3, 0.4) is 0 Å². The molecule has 0 spiro atoms. The van der Waals surface area contributed by atoms with Crippen LogP contribution in [0.25, 0.3) is 0 Å². The van der Waals surface area contributed by atoms with E-state index in [-0.39, 0.29) is 5.97 Å². The molecule has 92 valence electrons. The van der Waals surface area contributed by atoms with Crippen LogP contribution >= 0.6 is 0 Å². The predicted molar refractivity (Wildman–Crippen MR) is 61.6 cm³/mol. The highest BCUT2D eigenvalue weighted by Crippen LogP contribution is 2.41. The Morgan fingerprint density at radius 2 is 1.94 bits per heavy atom. The summed E-state index contributed by atoms with van der Waals surface area (Å²) < 4.78 is 10.6. The van der Waals surface area contributed by atoms with Crippen LogP contribution in [0.15, 0.2) is 0 Å². The van der Waals surface area contributed by atoms with Crippen molar-refractivity contribution in [1.82, 2.24) is 0 Å². The molecule has 4 nitrogen and oxygen atoms in total. The monoisotopic (exact) mass is 236 g/mol. The van der Waals surface area contributed by atoms with Crippen molar-refractivity contribution in [3.8, 4) is 5.75 Å². The smallest absolute Gasteiger partial charge is 0.305 e. The average Bonchev–Trinajstić information content (AvgIpc) is 2.66. The zero-order valence-electron chi connectivity index (χ0n) is 10.5. The van der Waals surface area contributed by atoms with Gasteiger partial charge in [-0.2, -0.15) is 0 Å². The quantitative estimate of drug-likeness (QED) is 0.761. The highest BCUT2D eigenvalue weighted by atomic mass is 16.7. The van der Waals surface area contributed by atoms with Crippen LogP contribution < -0.4 is 0 Å². The predicted octanol–water partition coefficient (Wildman–Crippen LogP) is 2.41. The molecule has 1 aromatic rings. The van der Waals surface area contributed by atoms with Gasteiger partial charge in [0.2, 0.25) is 6.29 Å². The van der Waals surface area contributed by atoms with Crippen molar-refractivity contribution in [3.63, 3.8) is 0 Å². The minimum atomic E-state index is -0.638. The summed E-state index contributed by atoms with van der Waals surface area (Å²) in [6.45, 7) is 7.32. The van der Waals surface area contributed by atoms with Gasteiger partial charge < -0.3 is 14.6 Å². The van der Waals surface area contributed by atoms with Crippen LogP contribution in [-0.2, 0) is 20.9 Å². The summed E-state index contributed by atoms with van der Waals surface area (Å²) in [4.78, 5) is 11.0. The summed E-state index contributed by atoms with van der Waals surface area (Å²) in [5, 5.41) is 9.96. The number of phenols is 1. The van der Waals surface area contributed by atoms with Crippen molar-refractivity contribution < 1.29 is 19.4 Å². The first-order chi connectivity index (χ1) is 7.93. The number of fused-ring (bicyclic) bond motifs is 1. The van der Waals surface area contributed by atoms with Crippen molar-refractivity contribution in [3.05, 3.63) is 27.8 Å². The second kappa shape index (κ2) is 4.04. The molecule has 0 saturated heterocycles. The van der Waals surface area contributed by atoms with E-state index in [4.69, 9.17) is 9.47 Å². The molecule has 17 heavy (non-hydrogen) atoms. The van der Waals surface area contributed by atoms with Crippen molar-refractivity contribution in [2.24, 2.45) is 0 Å². The van der Waals surface area contributed by atoms with Gasteiger partial charge in [-0.25, -0.2) is 0 Å². The summed E-state index contributed by atoms with van der Waals surface area (Å²) in [7, 11) is 0. The molecule has 1 atom stereocenters.